The van der Waals surface area contributed by atoms with Crippen LogP contribution < -0.4 is 0 Å². The number of Topliss-reactive ketones (excluding diaryl/α,β-unsaturated/α-hetero) is 1. The van der Waals surface area contributed by atoms with Crippen molar-refractivity contribution in [3.8, 4) is 0 Å². The Morgan fingerprint density at radius 3 is 2.08 bits per heavy atom. The highest BCUT2D eigenvalue weighted by Crippen LogP contribution is 2.22. The summed E-state index contributed by atoms with van der Waals surface area (Å²) in [5.41, 5.74) is 0. The molecule has 0 saturated carbocycles. The minimum atomic E-state index is -2.83. The predicted octanol–water partition coefficient (Wildman–Crippen LogP) is 1.04. The van der Waals surface area contributed by atoms with Crippen LogP contribution in [0.3, 0.4) is 0 Å². The minimum absolute atomic E-state index is 0.0106. The molecular formula is C9H16O3S. The van der Waals surface area contributed by atoms with Crippen LogP contribution in [0.5, 0.6) is 0 Å². The Hall–Kier alpha value is -0.380. The molecule has 0 aromatic rings. The molecule has 0 amide bonds. The third-order valence-electron chi connectivity index (χ3n) is 2.53. The average molecular weight is 204 g/mol. The van der Waals surface area contributed by atoms with E-state index in [1.165, 1.54) is 0 Å². The molecule has 0 unspecified atom stereocenters. The largest absolute Gasteiger partial charge is 0.299 e. The van der Waals surface area contributed by atoms with Gasteiger partial charge in [-0.15, -0.1) is 0 Å². The molecule has 13 heavy (non-hydrogen) atoms. The van der Waals surface area contributed by atoms with Crippen molar-refractivity contribution in [2.45, 2.75) is 26.7 Å². The zero-order valence-corrected chi connectivity index (χ0v) is 8.93. The summed E-state index contributed by atoms with van der Waals surface area (Å²) >= 11 is 0. The molecule has 1 aliphatic rings. The molecular weight excluding hydrogens is 188 g/mol. The van der Waals surface area contributed by atoms with Crippen molar-refractivity contribution in [1.82, 2.24) is 0 Å². The van der Waals surface area contributed by atoms with E-state index in [0.717, 1.165) is 0 Å². The molecule has 1 heterocycles. The minimum Gasteiger partial charge on any atom is -0.299 e. The molecule has 0 spiro atoms. The third-order valence-corrected chi connectivity index (χ3v) is 4.24. The van der Waals surface area contributed by atoms with Crippen LogP contribution in [0.4, 0.5) is 0 Å². The van der Waals surface area contributed by atoms with Crippen LogP contribution >= 0.6 is 0 Å². The summed E-state index contributed by atoms with van der Waals surface area (Å²) in [6.45, 7) is 3.73. The quantitative estimate of drug-likeness (QED) is 0.675. The highest BCUT2D eigenvalue weighted by molar-refractivity contribution is 7.91. The summed E-state index contributed by atoms with van der Waals surface area (Å²) in [5.74, 6) is 0.621. The SMILES string of the molecule is CC(C)C(=O)C1CCS(=O)(=O)CC1. The van der Waals surface area contributed by atoms with Gasteiger partial charge in [-0.2, -0.15) is 0 Å². The Balaban J connectivity index is 2.55. The summed E-state index contributed by atoms with van der Waals surface area (Å²) in [6, 6.07) is 0. The molecule has 0 bridgehead atoms. The Morgan fingerprint density at radius 2 is 1.69 bits per heavy atom. The Labute approximate surface area is 79.4 Å². The zero-order valence-electron chi connectivity index (χ0n) is 8.12. The average Bonchev–Trinajstić information content (AvgIpc) is 2.03. The lowest BCUT2D eigenvalue weighted by Gasteiger charge is -2.22. The number of sulfone groups is 1. The first-order valence-corrected chi connectivity index (χ1v) is 6.48. The van der Waals surface area contributed by atoms with E-state index in [1.54, 1.807) is 0 Å². The molecule has 0 aromatic carbocycles. The van der Waals surface area contributed by atoms with Crippen LogP contribution in [0.25, 0.3) is 0 Å². The second-order valence-electron chi connectivity index (χ2n) is 3.98. The second-order valence-corrected chi connectivity index (χ2v) is 6.29. The summed E-state index contributed by atoms with van der Waals surface area (Å²) in [6.07, 6.45) is 1.05. The molecule has 3 nitrogen and oxygen atoms in total. The second kappa shape index (κ2) is 3.78. The summed E-state index contributed by atoms with van der Waals surface area (Å²) in [7, 11) is -2.83. The molecule has 1 fully saturated rings. The van der Waals surface area contributed by atoms with Gasteiger partial charge in [0, 0.05) is 11.8 Å². The first-order valence-electron chi connectivity index (χ1n) is 4.66. The van der Waals surface area contributed by atoms with E-state index in [2.05, 4.69) is 0 Å². The molecule has 1 aliphatic heterocycles. The zero-order chi connectivity index (χ0) is 10.1. The van der Waals surface area contributed by atoms with Gasteiger partial charge in [0.15, 0.2) is 0 Å². The third kappa shape index (κ3) is 2.79. The van der Waals surface area contributed by atoms with Gasteiger partial charge in [0.1, 0.15) is 15.6 Å². The van der Waals surface area contributed by atoms with Crippen LogP contribution in [-0.2, 0) is 14.6 Å². The Morgan fingerprint density at radius 1 is 1.23 bits per heavy atom. The fraction of sp³-hybridized carbons (Fsp3) is 0.889. The maximum atomic E-state index is 11.5. The lowest BCUT2D eigenvalue weighted by atomic mass is 9.91. The fourth-order valence-electron chi connectivity index (χ4n) is 1.65. The normalized spacial score (nSPS) is 23.3. The number of ketones is 1. The topological polar surface area (TPSA) is 51.2 Å². The van der Waals surface area contributed by atoms with Gasteiger partial charge < -0.3 is 0 Å². The van der Waals surface area contributed by atoms with Crippen LogP contribution in [-0.4, -0.2) is 25.7 Å². The maximum Gasteiger partial charge on any atom is 0.150 e. The standard InChI is InChI=1S/C9H16O3S/c1-7(2)9(10)8-3-5-13(11,12)6-4-8/h7-8H,3-6H2,1-2H3. The molecule has 1 rings (SSSR count). The van der Waals surface area contributed by atoms with Crippen molar-refractivity contribution >= 4 is 15.6 Å². The predicted molar refractivity (Wildman–Crippen MR) is 51.2 cm³/mol. The first kappa shape index (κ1) is 10.7. The Bertz CT molecular complexity index is 276. The van der Waals surface area contributed by atoms with Gasteiger partial charge in [-0.1, -0.05) is 13.8 Å². The molecule has 0 aliphatic carbocycles. The van der Waals surface area contributed by atoms with Gasteiger partial charge in [-0.25, -0.2) is 8.42 Å². The van der Waals surface area contributed by atoms with E-state index >= 15 is 0 Å². The van der Waals surface area contributed by atoms with Gasteiger partial charge in [-0.3, -0.25) is 4.79 Å². The molecule has 0 radical (unpaired) electrons. The monoisotopic (exact) mass is 204 g/mol. The van der Waals surface area contributed by atoms with Crippen molar-refractivity contribution in [2.75, 3.05) is 11.5 Å². The smallest absolute Gasteiger partial charge is 0.150 e. The van der Waals surface area contributed by atoms with Gasteiger partial charge in [0.25, 0.3) is 0 Å². The van der Waals surface area contributed by atoms with Crippen molar-refractivity contribution in [1.29, 1.82) is 0 Å². The van der Waals surface area contributed by atoms with Crippen LogP contribution in [0, 0.1) is 11.8 Å². The molecule has 0 N–H and O–H groups in total. The molecule has 4 heteroatoms. The van der Waals surface area contributed by atoms with Crippen LogP contribution in [0.2, 0.25) is 0 Å². The molecule has 0 atom stereocenters. The van der Waals surface area contributed by atoms with Crippen LogP contribution in [0.1, 0.15) is 26.7 Å². The Kier molecular flexibility index (Phi) is 3.11. The van der Waals surface area contributed by atoms with Crippen molar-refractivity contribution in [2.24, 2.45) is 11.8 Å². The maximum absolute atomic E-state index is 11.5. The van der Waals surface area contributed by atoms with Gasteiger partial charge >= 0.3 is 0 Å². The van der Waals surface area contributed by atoms with E-state index < -0.39 is 9.84 Å². The van der Waals surface area contributed by atoms with E-state index in [1.807, 2.05) is 13.8 Å². The number of carbonyl (C=O) groups is 1. The molecule has 76 valence electrons. The number of hydrogen-bond donors (Lipinski definition) is 0. The first-order chi connectivity index (χ1) is 5.92. The number of hydrogen-bond acceptors (Lipinski definition) is 3. The van der Waals surface area contributed by atoms with Crippen molar-refractivity contribution in [3.05, 3.63) is 0 Å². The van der Waals surface area contributed by atoms with E-state index in [4.69, 9.17) is 0 Å². The van der Waals surface area contributed by atoms with Crippen molar-refractivity contribution in [3.63, 3.8) is 0 Å². The summed E-state index contributed by atoms with van der Waals surface area (Å²) in [4.78, 5) is 11.5. The molecule has 1 saturated heterocycles. The van der Waals surface area contributed by atoms with E-state index in [0.29, 0.717) is 12.8 Å². The van der Waals surface area contributed by atoms with Gasteiger partial charge in [0.05, 0.1) is 11.5 Å². The number of carbonyl (C=O) groups excluding carboxylic acids is 1. The van der Waals surface area contributed by atoms with Gasteiger partial charge in [-0.05, 0) is 12.8 Å². The fourth-order valence-corrected chi connectivity index (χ4v) is 3.14. The lowest BCUT2D eigenvalue weighted by molar-refractivity contribution is -0.126. The van der Waals surface area contributed by atoms with E-state index in [-0.39, 0.29) is 29.1 Å². The van der Waals surface area contributed by atoms with Crippen molar-refractivity contribution < 1.29 is 13.2 Å². The summed E-state index contributed by atoms with van der Waals surface area (Å²) in [5, 5.41) is 0. The highest BCUT2D eigenvalue weighted by atomic mass is 32.2. The van der Waals surface area contributed by atoms with Gasteiger partial charge in [0.2, 0.25) is 0 Å². The highest BCUT2D eigenvalue weighted by Gasteiger charge is 2.29. The van der Waals surface area contributed by atoms with Crippen LogP contribution in [0.15, 0.2) is 0 Å². The van der Waals surface area contributed by atoms with E-state index in [9.17, 15) is 13.2 Å². The number of rotatable bonds is 2. The lowest BCUT2D eigenvalue weighted by Crippen LogP contribution is -2.30. The summed E-state index contributed by atoms with van der Waals surface area (Å²) < 4.78 is 22.2. The molecule has 0 aromatic heterocycles.